The van der Waals surface area contributed by atoms with E-state index >= 15 is 0 Å². The highest BCUT2D eigenvalue weighted by molar-refractivity contribution is 9.10. The molecule has 0 aliphatic carbocycles. The maximum absolute atomic E-state index is 13.4. The first kappa shape index (κ1) is 12.1. The minimum absolute atomic E-state index is 0.324. The van der Waals surface area contributed by atoms with Crippen molar-refractivity contribution in [1.82, 2.24) is 9.97 Å². The van der Waals surface area contributed by atoms with E-state index in [9.17, 15) is 8.78 Å². The molecular formula is C13H8BrF2N3. The molecule has 0 spiro atoms. The smallest absolute Gasteiger partial charge is 0.140 e. The van der Waals surface area contributed by atoms with Crippen molar-refractivity contribution < 1.29 is 8.78 Å². The predicted octanol–water partition coefficient (Wildman–Crippen LogP) is 3.85. The Labute approximate surface area is 115 Å². The minimum Gasteiger partial charge on any atom is -0.398 e. The lowest BCUT2D eigenvalue weighted by molar-refractivity contribution is 0.623. The van der Waals surface area contributed by atoms with Gasteiger partial charge in [-0.2, -0.15) is 0 Å². The van der Waals surface area contributed by atoms with E-state index in [1.54, 1.807) is 6.07 Å². The van der Waals surface area contributed by atoms with Crippen molar-refractivity contribution in [2.45, 2.75) is 0 Å². The number of aromatic nitrogens is 2. The third-order valence-corrected chi connectivity index (χ3v) is 3.40. The molecule has 0 saturated heterocycles. The minimum atomic E-state index is -0.406. The summed E-state index contributed by atoms with van der Waals surface area (Å²) in [5, 5.41) is 0. The summed E-state index contributed by atoms with van der Waals surface area (Å²) in [5.74, 6) is -0.392. The summed E-state index contributed by atoms with van der Waals surface area (Å²) in [6, 6.07) is 6.91. The maximum atomic E-state index is 13.4. The van der Waals surface area contributed by atoms with Gasteiger partial charge in [0.2, 0.25) is 0 Å². The summed E-state index contributed by atoms with van der Waals surface area (Å²) in [4.78, 5) is 7.22. The molecule has 3 N–H and O–H groups in total. The summed E-state index contributed by atoms with van der Waals surface area (Å²) >= 11 is 3.09. The van der Waals surface area contributed by atoms with E-state index in [0.717, 1.165) is 0 Å². The molecule has 0 aliphatic heterocycles. The summed E-state index contributed by atoms with van der Waals surface area (Å²) < 4.78 is 27.0. The highest BCUT2D eigenvalue weighted by atomic mass is 79.9. The molecule has 3 aromatic rings. The number of nitrogens with zero attached hydrogens (tertiary/aromatic N) is 1. The fraction of sp³-hybridized carbons (Fsp3) is 0. The molecule has 1 aromatic heterocycles. The highest BCUT2D eigenvalue weighted by Crippen LogP contribution is 2.28. The molecule has 19 heavy (non-hydrogen) atoms. The number of halogens is 3. The number of rotatable bonds is 1. The van der Waals surface area contributed by atoms with Gasteiger partial charge in [0.25, 0.3) is 0 Å². The highest BCUT2D eigenvalue weighted by Gasteiger charge is 2.11. The Morgan fingerprint density at radius 2 is 1.95 bits per heavy atom. The predicted molar refractivity (Wildman–Crippen MR) is 73.6 cm³/mol. The fourth-order valence-corrected chi connectivity index (χ4v) is 2.20. The van der Waals surface area contributed by atoms with Gasteiger partial charge in [-0.15, -0.1) is 0 Å². The van der Waals surface area contributed by atoms with Crippen LogP contribution in [0.15, 0.2) is 34.8 Å². The number of anilines is 1. The summed E-state index contributed by atoms with van der Waals surface area (Å²) in [6.45, 7) is 0. The van der Waals surface area contributed by atoms with Crippen LogP contribution in [0.25, 0.3) is 22.4 Å². The van der Waals surface area contributed by atoms with Crippen LogP contribution in [0, 0.1) is 11.6 Å². The zero-order chi connectivity index (χ0) is 13.6. The van der Waals surface area contributed by atoms with Crippen LogP contribution in [-0.2, 0) is 0 Å². The number of hydrogen-bond donors (Lipinski definition) is 2. The first-order chi connectivity index (χ1) is 9.04. The van der Waals surface area contributed by atoms with Crippen LogP contribution in [0.3, 0.4) is 0 Å². The van der Waals surface area contributed by atoms with Gasteiger partial charge in [-0.25, -0.2) is 13.8 Å². The second-order valence-electron chi connectivity index (χ2n) is 4.10. The Bertz CT molecular complexity index is 744. The first-order valence-electron chi connectivity index (χ1n) is 5.45. The lowest BCUT2D eigenvalue weighted by Gasteiger charge is -2.01. The molecule has 0 aliphatic rings. The van der Waals surface area contributed by atoms with Gasteiger partial charge in [0, 0.05) is 17.3 Å². The zero-order valence-corrected chi connectivity index (χ0v) is 11.1. The number of nitrogen functional groups attached to an aromatic ring is 1. The van der Waals surface area contributed by atoms with E-state index in [2.05, 4.69) is 25.9 Å². The van der Waals surface area contributed by atoms with Crippen LogP contribution in [-0.4, -0.2) is 9.97 Å². The lowest BCUT2D eigenvalue weighted by Crippen LogP contribution is -1.92. The summed E-state index contributed by atoms with van der Waals surface area (Å²) in [5.41, 5.74) is 7.75. The third-order valence-electron chi connectivity index (χ3n) is 2.79. The van der Waals surface area contributed by atoms with Crippen molar-refractivity contribution in [3.63, 3.8) is 0 Å². The zero-order valence-electron chi connectivity index (χ0n) is 9.55. The average molecular weight is 324 g/mol. The van der Waals surface area contributed by atoms with Crippen LogP contribution < -0.4 is 5.73 Å². The van der Waals surface area contributed by atoms with Crippen LogP contribution in [0.2, 0.25) is 0 Å². The van der Waals surface area contributed by atoms with E-state index in [0.29, 0.717) is 32.6 Å². The molecule has 0 unspecified atom stereocenters. The molecule has 2 aromatic carbocycles. The van der Waals surface area contributed by atoms with Crippen molar-refractivity contribution in [1.29, 1.82) is 0 Å². The number of nitrogens with one attached hydrogen (secondary N) is 1. The standard InChI is InChI=1S/C13H8BrF2N3/c14-8-4-11-12(5-9(8)16)19-13(18-11)7-3-6(15)1-2-10(7)17/h1-5H,17H2,(H,18,19). The lowest BCUT2D eigenvalue weighted by atomic mass is 10.1. The molecule has 0 atom stereocenters. The molecule has 96 valence electrons. The van der Waals surface area contributed by atoms with Crippen LogP contribution in [0.5, 0.6) is 0 Å². The van der Waals surface area contributed by atoms with Crippen molar-refractivity contribution in [3.05, 3.63) is 46.4 Å². The topological polar surface area (TPSA) is 54.7 Å². The number of nitrogens with two attached hydrogens (primary N) is 1. The van der Waals surface area contributed by atoms with Gasteiger partial charge in [0.15, 0.2) is 0 Å². The molecule has 0 radical (unpaired) electrons. The molecule has 0 fully saturated rings. The van der Waals surface area contributed by atoms with Crippen molar-refractivity contribution in [3.8, 4) is 11.4 Å². The normalized spacial score (nSPS) is 11.1. The molecule has 3 rings (SSSR count). The average Bonchev–Trinajstić information content (AvgIpc) is 2.75. The van der Waals surface area contributed by atoms with Crippen LogP contribution in [0.1, 0.15) is 0 Å². The number of fused-ring (bicyclic) bond motifs is 1. The number of hydrogen-bond acceptors (Lipinski definition) is 2. The van der Waals surface area contributed by atoms with Gasteiger partial charge in [0.05, 0.1) is 15.5 Å². The van der Waals surface area contributed by atoms with Gasteiger partial charge in [-0.1, -0.05) is 0 Å². The van der Waals surface area contributed by atoms with E-state index < -0.39 is 11.6 Å². The van der Waals surface area contributed by atoms with E-state index in [1.807, 2.05) is 0 Å². The fourth-order valence-electron chi connectivity index (χ4n) is 1.87. The first-order valence-corrected chi connectivity index (χ1v) is 6.24. The Morgan fingerprint density at radius 1 is 1.16 bits per heavy atom. The van der Waals surface area contributed by atoms with E-state index in [-0.39, 0.29) is 0 Å². The van der Waals surface area contributed by atoms with Gasteiger partial charge in [0.1, 0.15) is 17.5 Å². The molecule has 0 amide bonds. The maximum Gasteiger partial charge on any atom is 0.140 e. The molecule has 1 heterocycles. The Morgan fingerprint density at radius 3 is 2.74 bits per heavy atom. The Balaban J connectivity index is 2.23. The summed E-state index contributed by atoms with van der Waals surface area (Å²) in [6.07, 6.45) is 0. The number of aromatic amines is 1. The van der Waals surface area contributed by atoms with Crippen molar-refractivity contribution >= 4 is 32.7 Å². The molecular weight excluding hydrogens is 316 g/mol. The Kier molecular flexibility index (Phi) is 2.74. The summed E-state index contributed by atoms with van der Waals surface area (Å²) in [7, 11) is 0. The molecule has 6 heteroatoms. The second-order valence-corrected chi connectivity index (χ2v) is 4.95. The largest absolute Gasteiger partial charge is 0.398 e. The van der Waals surface area contributed by atoms with Crippen molar-refractivity contribution in [2.75, 3.05) is 5.73 Å². The van der Waals surface area contributed by atoms with Gasteiger partial charge in [-0.05, 0) is 40.2 Å². The van der Waals surface area contributed by atoms with E-state index in [4.69, 9.17) is 5.73 Å². The second kappa shape index (κ2) is 4.31. The molecule has 0 saturated carbocycles. The van der Waals surface area contributed by atoms with Gasteiger partial charge < -0.3 is 10.7 Å². The SMILES string of the molecule is Nc1ccc(F)cc1-c1nc2cc(Br)c(F)cc2[nH]1. The van der Waals surface area contributed by atoms with Gasteiger partial charge >= 0.3 is 0 Å². The van der Waals surface area contributed by atoms with Gasteiger partial charge in [-0.3, -0.25) is 0 Å². The quantitative estimate of drug-likeness (QED) is 0.668. The molecule has 0 bridgehead atoms. The number of imidazole rings is 1. The van der Waals surface area contributed by atoms with Crippen molar-refractivity contribution in [2.24, 2.45) is 0 Å². The van der Waals surface area contributed by atoms with Crippen LogP contribution in [0.4, 0.5) is 14.5 Å². The monoisotopic (exact) mass is 323 g/mol. The third kappa shape index (κ3) is 2.08. The Hall–Kier alpha value is -1.95. The number of benzene rings is 2. The number of H-pyrrole nitrogens is 1. The van der Waals surface area contributed by atoms with E-state index in [1.165, 1.54) is 24.3 Å². The molecule has 3 nitrogen and oxygen atoms in total. The van der Waals surface area contributed by atoms with Crippen LogP contribution >= 0.6 is 15.9 Å².